The minimum absolute atomic E-state index is 0.0535. The average Bonchev–Trinajstić information content (AvgIpc) is 2.58. The molecule has 0 radical (unpaired) electrons. The fraction of sp³-hybridized carbons (Fsp3) is 0.471. The summed E-state index contributed by atoms with van der Waals surface area (Å²) in [6.07, 6.45) is -0.375. The molecule has 124 valence electrons. The number of fused-ring (bicyclic) bond motifs is 1. The second kappa shape index (κ2) is 6.60. The topological polar surface area (TPSA) is 61.1 Å². The zero-order chi connectivity index (χ0) is 16.4. The van der Waals surface area contributed by atoms with Gasteiger partial charge in [0, 0.05) is 31.8 Å². The highest BCUT2D eigenvalue weighted by atomic mass is 16.7. The van der Waals surface area contributed by atoms with Crippen LogP contribution < -0.4 is 15.1 Å². The van der Waals surface area contributed by atoms with Crippen LogP contribution in [0, 0.1) is 6.92 Å². The van der Waals surface area contributed by atoms with Gasteiger partial charge in [0.15, 0.2) is 17.6 Å². The SMILES string of the molecule is COC(C)Oc1ccc2c(=O)cc(N3CCOCC3)oc2c1C. The van der Waals surface area contributed by atoms with Gasteiger partial charge in [0.25, 0.3) is 0 Å². The molecule has 0 aliphatic carbocycles. The van der Waals surface area contributed by atoms with Crippen molar-refractivity contribution in [2.45, 2.75) is 20.1 Å². The summed E-state index contributed by atoms with van der Waals surface area (Å²) in [5, 5.41) is 0.553. The van der Waals surface area contributed by atoms with E-state index in [0.29, 0.717) is 48.9 Å². The van der Waals surface area contributed by atoms with Crippen LogP contribution in [0.4, 0.5) is 5.88 Å². The van der Waals surface area contributed by atoms with E-state index < -0.39 is 0 Å². The number of hydrogen-bond acceptors (Lipinski definition) is 6. The standard InChI is InChI=1S/C17H21NO5/c1-11-15(22-12(2)20-3)5-4-13-14(19)10-16(23-17(11)13)18-6-8-21-9-7-18/h4-5,10,12H,6-9H2,1-3H3. The first kappa shape index (κ1) is 15.8. The van der Waals surface area contributed by atoms with Crippen LogP contribution in [-0.2, 0) is 9.47 Å². The van der Waals surface area contributed by atoms with Crippen molar-refractivity contribution < 1.29 is 18.6 Å². The quantitative estimate of drug-likeness (QED) is 0.806. The zero-order valence-electron chi connectivity index (χ0n) is 13.6. The fourth-order valence-corrected chi connectivity index (χ4v) is 2.62. The second-order valence-electron chi connectivity index (χ2n) is 5.53. The molecule has 1 aromatic heterocycles. The van der Waals surface area contributed by atoms with Crippen molar-refractivity contribution >= 4 is 16.9 Å². The van der Waals surface area contributed by atoms with E-state index in [0.717, 1.165) is 5.56 Å². The Hall–Kier alpha value is -2.05. The van der Waals surface area contributed by atoms with Crippen LogP contribution in [0.2, 0.25) is 0 Å². The van der Waals surface area contributed by atoms with Crippen molar-refractivity contribution in [3.05, 3.63) is 34.0 Å². The summed E-state index contributed by atoms with van der Waals surface area (Å²) in [7, 11) is 1.58. The number of ether oxygens (including phenoxy) is 3. The highest BCUT2D eigenvalue weighted by Crippen LogP contribution is 2.29. The van der Waals surface area contributed by atoms with Gasteiger partial charge >= 0.3 is 0 Å². The highest BCUT2D eigenvalue weighted by molar-refractivity contribution is 5.82. The van der Waals surface area contributed by atoms with E-state index in [2.05, 4.69) is 0 Å². The number of morpholine rings is 1. The molecule has 1 aromatic carbocycles. The van der Waals surface area contributed by atoms with Gasteiger partial charge in [0.05, 0.1) is 18.6 Å². The van der Waals surface area contributed by atoms with Gasteiger partial charge in [-0.1, -0.05) is 0 Å². The average molecular weight is 319 g/mol. The van der Waals surface area contributed by atoms with Crippen molar-refractivity contribution in [2.24, 2.45) is 0 Å². The largest absolute Gasteiger partial charge is 0.465 e. The summed E-state index contributed by atoms with van der Waals surface area (Å²) >= 11 is 0. The Kier molecular flexibility index (Phi) is 4.54. The summed E-state index contributed by atoms with van der Waals surface area (Å²) in [5.41, 5.74) is 1.29. The van der Waals surface area contributed by atoms with Crippen LogP contribution >= 0.6 is 0 Å². The van der Waals surface area contributed by atoms with Crippen LogP contribution in [-0.4, -0.2) is 39.7 Å². The van der Waals surface area contributed by atoms with Crippen molar-refractivity contribution in [3.63, 3.8) is 0 Å². The Balaban J connectivity index is 2.05. The van der Waals surface area contributed by atoms with Crippen molar-refractivity contribution in [1.29, 1.82) is 0 Å². The number of methoxy groups -OCH3 is 1. The molecule has 6 heteroatoms. The summed E-state index contributed by atoms with van der Waals surface area (Å²) in [5.74, 6) is 1.22. The van der Waals surface area contributed by atoms with Crippen molar-refractivity contribution in [1.82, 2.24) is 0 Å². The summed E-state index contributed by atoms with van der Waals surface area (Å²) < 4.78 is 22.2. The van der Waals surface area contributed by atoms with Gasteiger partial charge in [-0.25, -0.2) is 0 Å². The summed E-state index contributed by atoms with van der Waals surface area (Å²) in [6, 6.07) is 5.05. The predicted molar refractivity (Wildman–Crippen MR) is 87.4 cm³/mol. The van der Waals surface area contributed by atoms with E-state index in [-0.39, 0.29) is 11.7 Å². The van der Waals surface area contributed by atoms with E-state index >= 15 is 0 Å². The normalized spacial score (nSPS) is 16.6. The Morgan fingerprint density at radius 2 is 2.00 bits per heavy atom. The van der Waals surface area contributed by atoms with Gasteiger partial charge in [-0.3, -0.25) is 4.79 Å². The number of rotatable bonds is 4. The third kappa shape index (κ3) is 3.18. The molecule has 1 atom stereocenters. The Labute approximate surface area is 134 Å². The zero-order valence-corrected chi connectivity index (χ0v) is 13.6. The highest BCUT2D eigenvalue weighted by Gasteiger charge is 2.18. The summed E-state index contributed by atoms with van der Waals surface area (Å²) in [4.78, 5) is 14.4. The molecule has 2 aromatic rings. The monoisotopic (exact) mass is 319 g/mol. The molecule has 1 aliphatic rings. The molecule has 1 aliphatic heterocycles. The number of nitrogens with zero attached hydrogens (tertiary/aromatic N) is 1. The molecule has 1 saturated heterocycles. The molecule has 0 N–H and O–H groups in total. The van der Waals surface area contributed by atoms with Crippen LogP contribution in [0.3, 0.4) is 0 Å². The smallest absolute Gasteiger partial charge is 0.200 e. The molecule has 0 amide bonds. The first-order valence-electron chi connectivity index (χ1n) is 7.69. The second-order valence-corrected chi connectivity index (χ2v) is 5.53. The first-order valence-corrected chi connectivity index (χ1v) is 7.69. The predicted octanol–water partition coefficient (Wildman–Crippen LogP) is 2.31. The third-order valence-electron chi connectivity index (χ3n) is 4.03. The molecule has 2 heterocycles. The molecule has 6 nitrogen and oxygen atoms in total. The van der Waals surface area contributed by atoms with E-state index in [1.807, 2.05) is 18.7 Å². The van der Waals surface area contributed by atoms with Gasteiger partial charge in [-0.15, -0.1) is 0 Å². The molecule has 0 saturated carbocycles. The van der Waals surface area contributed by atoms with Gasteiger partial charge in [-0.2, -0.15) is 0 Å². The molecular weight excluding hydrogens is 298 g/mol. The van der Waals surface area contributed by atoms with Crippen molar-refractivity contribution in [2.75, 3.05) is 38.3 Å². The number of hydrogen-bond donors (Lipinski definition) is 0. The van der Waals surface area contributed by atoms with Crippen LogP contribution in [0.25, 0.3) is 11.0 Å². The van der Waals surface area contributed by atoms with Crippen LogP contribution in [0.15, 0.2) is 27.4 Å². The van der Waals surface area contributed by atoms with Gasteiger partial charge < -0.3 is 23.5 Å². The Morgan fingerprint density at radius 1 is 1.26 bits per heavy atom. The Morgan fingerprint density at radius 3 is 2.70 bits per heavy atom. The maximum absolute atomic E-state index is 12.4. The van der Waals surface area contributed by atoms with E-state index in [1.54, 1.807) is 25.3 Å². The van der Waals surface area contributed by atoms with Gasteiger partial charge in [-0.05, 0) is 26.0 Å². The fourth-order valence-electron chi connectivity index (χ4n) is 2.62. The molecule has 1 unspecified atom stereocenters. The lowest BCUT2D eigenvalue weighted by atomic mass is 10.1. The molecule has 3 rings (SSSR count). The number of anilines is 1. The third-order valence-corrected chi connectivity index (χ3v) is 4.03. The molecule has 1 fully saturated rings. The maximum atomic E-state index is 12.4. The van der Waals surface area contributed by atoms with Crippen LogP contribution in [0.5, 0.6) is 5.75 Å². The number of benzene rings is 1. The lowest BCUT2D eigenvalue weighted by Gasteiger charge is -2.27. The van der Waals surface area contributed by atoms with E-state index in [9.17, 15) is 4.79 Å². The van der Waals surface area contributed by atoms with Gasteiger partial charge in [0.1, 0.15) is 11.3 Å². The van der Waals surface area contributed by atoms with Gasteiger partial charge in [0.2, 0.25) is 0 Å². The van der Waals surface area contributed by atoms with Crippen molar-refractivity contribution in [3.8, 4) is 5.75 Å². The maximum Gasteiger partial charge on any atom is 0.200 e. The first-order chi connectivity index (χ1) is 11.1. The van der Waals surface area contributed by atoms with Crippen LogP contribution in [0.1, 0.15) is 12.5 Å². The molecule has 0 spiro atoms. The van der Waals surface area contributed by atoms with E-state index in [1.165, 1.54) is 0 Å². The lowest BCUT2D eigenvalue weighted by molar-refractivity contribution is -0.0386. The Bertz CT molecular complexity index is 748. The molecule has 0 bridgehead atoms. The minimum atomic E-state index is -0.375. The van der Waals surface area contributed by atoms with E-state index in [4.69, 9.17) is 18.6 Å². The summed E-state index contributed by atoms with van der Waals surface area (Å²) in [6.45, 7) is 6.38. The number of aryl methyl sites for hydroxylation is 1. The lowest BCUT2D eigenvalue weighted by Crippen LogP contribution is -2.36. The minimum Gasteiger partial charge on any atom is -0.465 e. The molecular formula is C17H21NO5. The molecule has 23 heavy (non-hydrogen) atoms.